The minimum absolute atomic E-state index is 0.723. The Bertz CT molecular complexity index is 181. The molecule has 0 aliphatic heterocycles. The Hall–Kier alpha value is -0.120. The molecule has 0 aromatic heterocycles. The second-order valence-corrected chi connectivity index (χ2v) is 5.35. The van der Waals surface area contributed by atoms with Crippen molar-refractivity contribution < 1.29 is 0 Å². The monoisotopic (exact) mass is 271 g/mol. The van der Waals surface area contributed by atoms with Crippen molar-refractivity contribution in [1.29, 1.82) is 0 Å². The average Bonchev–Trinajstić information content (AvgIpc) is 2.44. The van der Waals surface area contributed by atoms with E-state index in [0.717, 1.165) is 19.1 Å². The van der Waals surface area contributed by atoms with Crippen molar-refractivity contribution in [2.75, 3.05) is 45.8 Å². The summed E-state index contributed by atoms with van der Waals surface area (Å²) in [6, 6.07) is 0.723. The van der Waals surface area contributed by atoms with Crippen molar-refractivity contribution in [3.8, 4) is 0 Å². The maximum atomic E-state index is 3.41. The van der Waals surface area contributed by atoms with Crippen molar-refractivity contribution >= 4 is 0 Å². The summed E-state index contributed by atoms with van der Waals surface area (Å²) in [5.74, 6) is 0. The second-order valence-electron chi connectivity index (χ2n) is 5.35. The van der Waals surface area contributed by atoms with Crippen LogP contribution in [0.1, 0.15) is 53.9 Å². The number of nitrogens with one attached hydrogen (secondary N) is 1. The van der Waals surface area contributed by atoms with Gasteiger partial charge in [0.25, 0.3) is 0 Å². The molecule has 1 unspecified atom stereocenters. The minimum Gasteiger partial charge on any atom is -0.317 e. The molecule has 0 fully saturated rings. The molecule has 0 aromatic carbocycles. The molecule has 0 saturated carbocycles. The van der Waals surface area contributed by atoms with Crippen molar-refractivity contribution in [3.63, 3.8) is 0 Å². The fourth-order valence-electron chi connectivity index (χ4n) is 2.61. The van der Waals surface area contributed by atoms with Gasteiger partial charge in [-0.1, -0.05) is 27.7 Å². The Kier molecular flexibility index (Phi) is 12.8. The zero-order chi connectivity index (χ0) is 14.5. The molecule has 0 amide bonds. The molecule has 0 radical (unpaired) electrons. The molecule has 0 aliphatic carbocycles. The second kappa shape index (κ2) is 12.9. The van der Waals surface area contributed by atoms with E-state index < -0.39 is 0 Å². The predicted octanol–water partition coefficient (Wildman–Crippen LogP) is 2.82. The molecule has 0 saturated heterocycles. The van der Waals surface area contributed by atoms with Crippen LogP contribution in [0.4, 0.5) is 0 Å². The maximum Gasteiger partial charge on any atom is 0.00672 e. The lowest BCUT2D eigenvalue weighted by Gasteiger charge is -2.29. The lowest BCUT2D eigenvalue weighted by Crippen LogP contribution is -2.36. The highest BCUT2D eigenvalue weighted by atomic mass is 15.2. The van der Waals surface area contributed by atoms with E-state index in [-0.39, 0.29) is 0 Å². The lowest BCUT2D eigenvalue weighted by atomic mass is 10.1. The van der Waals surface area contributed by atoms with E-state index in [1.165, 1.54) is 52.0 Å². The summed E-state index contributed by atoms with van der Waals surface area (Å²) in [4.78, 5) is 5.15. The first-order valence-corrected chi connectivity index (χ1v) is 8.36. The van der Waals surface area contributed by atoms with Crippen molar-refractivity contribution in [2.24, 2.45) is 0 Å². The summed E-state index contributed by atoms with van der Waals surface area (Å²) < 4.78 is 0. The largest absolute Gasteiger partial charge is 0.317 e. The highest BCUT2D eigenvalue weighted by Gasteiger charge is 2.11. The van der Waals surface area contributed by atoms with Gasteiger partial charge in [-0.15, -0.1) is 0 Å². The van der Waals surface area contributed by atoms with Crippen LogP contribution >= 0.6 is 0 Å². The third kappa shape index (κ3) is 9.42. The minimum atomic E-state index is 0.723. The first-order valence-electron chi connectivity index (χ1n) is 8.36. The van der Waals surface area contributed by atoms with Gasteiger partial charge in [0.15, 0.2) is 0 Å². The molecule has 0 aromatic rings. The van der Waals surface area contributed by atoms with Crippen molar-refractivity contribution in [2.45, 2.75) is 59.9 Å². The molecule has 0 heterocycles. The van der Waals surface area contributed by atoms with Crippen LogP contribution in [0.5, 0.6) is 0 Å². The molecule has 0 bridgehead atoms. The quantitative estimate of drug-likeness (QED) is 0.520. The third-order valence-electron chi connectivity index (χ3n) is 4.07. The zero-order valence-electron chi connectivity index (χ0n) is 14.0. The van der Waals surface area contributed by atoms with Gasteiger partial charge in [0.1, 0.15) is 0 Å². The lowest BCUT2D eigenvalue weighted by molar-refractivity contribution is 0.190. The van der Waals surface area contributed by atoms with Crippen LogP contribution in [-0.2, 0) is 0 Å². The van der Waals surface area contributed by atoms with E-state index in [1.54, 1.807) is 0 Å². The van der Waals surface area contributed by atoms with Crippen LogP contribution in [-0.4, -0.2) is 61.7 Å². The third-order valence-corrected chi connectivity index (χ3v) is 4.07. The van der Waals surface area contributed by atoms with E-state index >= 15 is 0 Å². The van der Waals surface area contributed by atoms with E-state index in [2.05, 4.69) is 49.7 Å². The van der Waals surface area contributed by atoms with Crippen LogP contribution in [0, 0.1) is 0 Å². The topological polar surface area (TPSA) is 18.5 Å². The summed E-state index contributed by atoms with van der Waals surface area (Å²) in [6.45, 7) is 19.6. The van der Waals surface area contributed by atoms with Gasteiger partial charge in [-0.25, -0.2) is 0 Å². The molecule has 0 aliphatic rings. The Labute approximate surface area is 121 Å². The summed E-state index contributed by atoms with van der Waals surface area (Å²) in [5.41, 5.74) is 0. The Morgan fingerprint density at radius 1 is 0.895 bits per heavy atom. The highest BCUT2D eigenvalue weighted by molar-refractivity contribution is 4.67. The Morgan fingerprint density at radius 3 is 2.11 bits per heavy atom. The molecule has 1 atom stereocenters. The average molecular weight is 271 g/mol. The predicted molar refractivity (Wildman–Crippen MR) is 86.9 cm³/mol. The molecule has 19 heavy (non-hydrogen) atoms. The first-order chi connectivity index (χ1) is 9.19. The van der Waals surface area contributed by atoms with Gasteiger partial charge >= 0.3 is 0 Å². The van der Waals surface area contributed by atoms with Crippen LogP contribution < -0.4 is 5.32 Å². The van der Waals surface area contributed by atoms with Crippen LogP contribution in [0.25, 0.3) is 0 Å². The van der Waals surface area contributed by atoms with Gasteiger partial charge in [0.05, 0.1) is 0 Å². The van der Waals surface area contributed by atoms with Crippen LogP contribution in [0.15, 0.2) is 0 Å². The highest BCUT2D eigenvalue weighted by Crippen LogP contribution is 2.07. The van der Waals surface area contributed by atoms with Crippen molar-refractivity contribution in [3.05, 3.63) is 0 Å². The van der Waals surface area contributed by atoms with Crippen molar-refractivity contribution in [1.82, 2.24) is 15.1 Å². The molecular formula is C16H37N3. The molecule has 3 nitrogen and oxygen atoms in total. The SMILES string of the molecule is CCNCCCC(C)N(CC)CCCN(CC)CC. The summed E-state index contributed by atoms with van der Waals surface area (Å²) >= 11 is 0. The number of hydrogen-bond donors (Lipinski definition) is 1. The first kappa shape index (κ1) is 18.9. The van der Waals surface area contributed by atoms with Gasteiger partial charge < -0.3 is 15.1 Å². The molecule has 0 rings (SSSR count). The molecular weight excluding hydrogens is 234 g/mol. The fraction of sp³-hybridized carbons (Fsp3) is 1.00. The molecule has 1 N–H and O–H groups in total. The van der Waals surface area contributed by atoms with Gasteiger partial charge in [-0.3, -0.25) is 0 Å². The van der Waals surface area contributed by atoms with Crippen LogP contribution in [0.2, 0.25) is 0 Å². The smallest absolute Gasteiger partial charge is 0.00672 e. The standard InChI is InChI=1S/C16H37N3/c1-6-17-13-10-12-16(5)19(9-4)15-11-14-18(7-2)8-3/h16-17H,6-15H2,1-5H3. The normalized spacial score (nSPS) is 13.4. The fourth-order valence-corrected chi connectivity index (χ4v) is 2.61. The zero-order valence-corrected chi connectivity index (χ0v) is 14.0. The van der Waals surface area contributed by atoms with Gasteiger partial charge in [-0.05, 0) is 72.0 Å². The van der Waals surface area contributed by atoms with Gasteiger partial charge in [0, 0.05) is 6.04 Å². The van der Waals surface area contributed by atoms with E-state index in [9.17, 15) is 0 Å². The van der Waals surface area contributed by atoms with Gasteiger partial charge in [-0.2, -0.15) is 0 Å². The molecule has 3 heteroatoms. The molecule has 0 spiro atoms. The molecule has 116 valence electrons. The number of hydrogen-bond acceptors (Lipinski definition) is 3. The van der Waals surface area contributed by atoms with Crippen LogP contribution in [0.3, 0.4) is 0 Å². The van der Waals surface area contributed by atoms with Gasteiger partial charge in [0.2, 0.25) is 0 Å². The summed E-state index contributed by atoms with van der Waals surface area (Å²) in [7, 11) is 0. The van der Waals surface area contributed by atoms with E-state index in [1.807, 2.05) is 0 Å². The Morgan fingerprint density at radius 2 is 1.58 bits per heavy atom. The van der Waals surface area contributed by atoms with E-state index in [0.29, 0.717) is 0 Å². The maximum absolute atomic E-state index is 3.41. The number of nitrogens with zero attached hydrogens (tertiary/aromatic N) is 2. The Balaban J connectivity index is 3.78. The van der Waals surface area contributed by atoms with E-state index in [4.69, 9.17) is 0 Å². The number of rotatable bonds is 13. The summed E-state index contributed by atoms with van der Waals surface area (Å²) in [5, 5.41) is 3.41. The summed E-state index contributed by atoms with van der Waals surface area (Å²) in [6.07, 6.45) is 3.90.